The van der Waals surface area contributed by atoms with E-state index in [4.69, 9.17) is 9.47 Å². The number of benzene rings is 2. The zero-order valence-corrected chi connectivity index (χ0v) is 18.9. The minimum atomic E-state index is -0.313. The van der Waals surface area contributed by atoms with Gasteiger partial charge in [0.2, 0.25) is 0 Å². The summed E-state index contributed by atoms with van der Waals surface area (Å²) >= 11 is 1.67. The van der Waals surface area contributed by atoms with Gasteiger partial charge < -0.3 is 14.4 Å². The Hall–Kier alpha value is -3.12. The highest BCUT2D eigenvalue weighted by Gasteiger charge is 2.24. The third-order valence-electron chi connectivity index (χ3n) is 5.46. The molecular formula is C25H26N2O3S. The topological polar surface area (TPSA) is 51.7 Å². The van der Waals surface area contributed by atoms with Crippen LogP contribution in [0, 0.1) is 6.92 Å². The fourth-order valence-corrected chi connectivity index (χ4v) is 4.69. The number of aryl methyl sites for hydroxylation is 1. The van der Waals surface area contributed by atoms with Gasteiger partial charge in [0.1, 0.15) is 5.75 Å². The van der Waals surface area contributed by atoms with Crippen molar-refractivity contribution in [3.63, 3.8) is 0 Å². The van der Waals surface area contributed by atoms with Gasteiger partial charge in [-0.25, -0.2) is 9.78 Å². The van der Waals surface area contributed by atoms with Crippen molar-refractivity contribution in [3.05, 3.63) is 70.2 Å². The molecule has 1 aromatic heterocycles. The second kappa shape index (κ2) is 9.35. The number of aromatic nitrogens is 1. The lowest BCUT2D eigenvalue weighted by molar-refractivity contribution is -0.133. The van der Waals surface area contributed by atoms with Crippen LogP contribution in [0.15, 0.2) is 54.1 Å². The molecule has 4 rings (SSSR count). The standard InChI is InChI=1S/C25H26N2O3S/c1-4-30-23-10-6-5-8-19(23)18-11-12-22-21(14-18)20(25(28)29-3)9-7-13-27(22)15-24-17(2)26-16-31-24/h5-6,8-12,14,16H,4,7,13,15H2,1-3H3. The zero-order valence-electron chi connectivity index (χ0n) is 18.1. The van der Waals surface area contributed by atoms with Gasteiger partial charge in [-0.05, 0) is 44.0 Å². The van der Waals surface area contributed by atoms with Gasteiger partial charge in [0, 0.05) is 28.2 Å². The second-order valence-electron chi connectivity index (χ2n) is 7.34. The first-order valence-electron chi connectivity index (χ1n) is 10.4. The normalized spacial score (nSPS) is 13.3. The van der Waals surface area contributed by atoms with Crippen molar-refractivity contribution in [1.82, 2.24) is 4.98 Å². The van der Waals surface area contributed by atoms with Gasteiger partial charge >= 0.3 is 5.97 Å². The van der Waals surface area contributed by atoms with Crippen LogP contribution < -0.4 is 9.64 Å². The lowest BCUT2D eigenvalue weighted by Gasteiger charge is -2.25. The first-order chi connectivity index (χ1) is 15.1. The minimum Gasteiger partial charge on any atom is -0.493 e. The highest BCUT2D eigenvalue weighted by Crippen LogP contribution is 2.38. The number of methoxy groups -OCH3 is 1. The van der Waals surface area contributed by atoms with Crippen molar-refractivity contribution in [1.29, 1.82) is 0 Å². The van der Waals surface area contributed by atoms with Crippen molar-refractivity contribution in [3.8, 4) is 16.9 Å². The lowest BCUT2D eigenvalue weighted by Crippen LogP contribution is -2.23. The molecule has 0 saturated heterocycles. The van der Waals surface area contributed by atoms with Crippen molar-refractivity contribution < 1.29 is 14.3 Å². The maximum atomic E-state index is 12.6. The van der Waals surface area contributed by atoms with E-state index >= 15 is 0 Å². The summed E-state index contributed by atoms with van der Waals surface area (Å²) in [6, 6.07) is 14.3. The van der Waals surface area contributed by atoms with Crippen LogP contribution in [0.2, 0.25) is 0 Å². The molecule has 5 nitrogen and oxygen atoms in total. The number of hydrogen-bond donors (Lipinski definition) is 0. The summed E-state index contributed by atoms with van der Waals surface area (Å²) in [7, 11) is 1.43. The Kier molecular flexibility index (Phi) is 6.37. The first-order valence-corrected chi connectivity index (χ1v) is 11.3. The third-order valence-corrected chi connectivity index (χ3v) is 6.38. The van der Waals surface area contributed by atoms with Gasteiger partial charge in [0.25, 0.3) is 0 Å². The summed E-state index contributed by atoms with van der Waals surface area (Å²) in [6.07, 6.45) is 2.75. The number of fused-ring (bicyclic) bond motifs is 1. The van der Waals surface area contributed by atoms with E-state index in [0.717, 1.165) is 53.3 Å². The summed E-state index contributed by atoms with van der Waals surface area (Å²) in [5, 5.41) is 0. The molecule has 0 unspecified atom stereocenters. The highest BCUT2D eigenvalue weighted by atomic mass is 32.1. The van der Waals surface area contributed by atoms with Crippen LogP contribution in [0.3, 0.4) is 0 Å². The van der Waals surface area contributed by atoms with Crippen LogP contribution in [-0.2, 0) is 16.1 Å². The third kappa shape index (κ3) is 4.35. The van der Waals surface area contributed by atoms with Gasteiger partial charge in [0.15, 0.2) is 0 Å². The number of ether oxygens (including phenoxy) is 2. The van der Waals surface area contributed by atoms with E-state index in [9.17, 15) is 4.79 Å². The maximum absolute atomic E-state index is 12.6. The molecule has 31 heavy (non-hydrogen) atoms. The van der Waals surface area contributed by atoms with E-state index in [1.54, 1.807) is 11.3 Å². The molecule has 0 aliphatic carbocycles. The first kappa shape index (κ1) is 21.1. The van der Waals surface area contributed by atoms with Gasteiger partial charge in [-0.2, -0.15) is 0 Å². The monoisotopic (exact) mass is 434 g/mol. The number of esters is 1. The summed E-state index contributed by atoms with van der Waals surface area (Å²) in [6.45, 7) is 6.19. The molecule has 160 valence electrons. The molecule has 3 aromatic rings. The van der Waals surface area contributed by atoms with Crippen LogP contribution in [-0.4, -0.2) is 31.2 Å². The van der Waals surface area contributed by atoms with E-state index in [-0.39, 0.29) is 5.97 Å². The molecule has 0 bridgehead atoms. The number of anilines is 1. The number of carbonyl (C=O) groups excluding carboxylic acids is 1. The van der Waals surface area contributed by atoms with Crippen molar-refractivity contribution in [2.75, 3.05) is 25.2 Å². The SMILES string of the molecule is CCOc1ccccc1-c1ccc2c(c1)C(C(=O)OC)=CCCN2Cc1scnc1C. The Morgan fingerprint density at radius 2 is 2.03 bits per heavy atom. The molecule has 1 aliphatic heterocycles. The van der Waals surface area contributed by atoms with Crippen LogP contribution in [0.1, 0.15) is 29.5 Å². The Morgan fingerprint density at radius 1 is 1.19 bits per heavy atom. The van der Waals surface area contributed by atoms with Crippen molar-refractivity contribution in [2.24, 2.45) is 0 Å². The fraction of sp³-hybridized carbons (Fsp3) is 0.280. The zero-order chi connectivity index (χ0) is 21.8. The van der Waals surface area contributed by atoms with E-state index < -0.39 is 0 Å². The molecule has 0 atom stereocenters. The van der Waals surface area contributed by atoms with Crippen molar-refractivity contribution in [2.45, 2.75) is 26.8 Å². The second-order valence-corrected chi connectivity index (χ2v) is 8.28. The van der Waals surface area contributed by atoms with Crippen LogP contribution >= 0.6 is 11.3 Å². The molecule has 0 radical (unpaired) electrons. The van der Waals surface area contributed by atoms with Gasteiger partial charge in [0.05, 0.1) is 37.0 Å². The molecule has 6 heteroatoms. The van der Waals surface area contributed by atoms with Gasteiger partial charge in [-0.1, -0.05) is 30.3 Å². The molecular weight excluding hydrogens is 408 g/mol. The van der Waals surface area contributed by atoms with Crippen LogP contribution in [0.5, 0.6) is 5.75 Å². The highest BCUT2D eigenvalue weighted by molar-refractivity contribution is 7.09. The molecule has 0 spiro atoms. The average Bonchev–Trinajstić information content (AvgIpc) is 3.10. The molecule has 0 amide bonds. The van der Waals surface area contributed by atoms with E-state index in [2.05, 4.69) is 28.1 Å². The predicted molar refractivity (Wildman–Crippen MR) is 126 cm³/mol. The molecule has 0 N–H and O–H groups in total. The van der Waals surface area contributed by atoms with E-state index in [0.29, 0.717) is 12.2 Å². The molecule has 0 fully saturated rings. The molecule has 0 saturated carbocycles. The Labute approximate surface area is 187 Å². The number of rotatable bonds is 6. The summed E-state index contributed by atoms with van der Waals surface area (Å²) in [5.74, 6) is 0.520. The summed E-state index contributed by atoms with van der Waals surface area (Å²) < 4.78 is 10.9. The van der Waals surface area contributed by atoms with Gasteiger partial charge in [-0.3, -0.25) is 0 Å². The molecule has 2 aromatic carbocycles. The average molecular weight is 435 g/mol. The van der Waals surface area contributed by atoms with E-state index in [1.807, 2.05) is 49.7 Å². The smallest absolute Gasteiger partial charge is 0.338 e. The number of carbonyl (C=O) groups is 1. The Bertz CT molecular complexity index is 1120. The van der Waals surface area contributed by atoms with Gasteiger partial charge in [-0.15, -0.1) is 11.3 Å². The number of para-hydroxylation sites is 1. The minimum absolute atomic E-state index is 0.313. The number of thiazole rings is 1. The quantitative estimate of drug-likeness (QED) is 0.481. The van der Waals surface area contributed by atoms with Crippen molar-refractivity contribution >= 4 is 28.6 Å². The largest absolute Gasteiger partial charge is 0.493 e. The number of nitrogens with zero attached hydrogens (tertiary/aromatic N) is 2. The number of hydrogen-bond acceptors (Lipinski definition) is 6. The summed E-state index contributed by atoms with van der Waals surface area (Å²) in [4.78, 5) is 20.6. The van der Waals surface area contributed by atoms with E-state index in [1.165, 1.54) is 12.0 Å². The van der Waals surface area contributed by atoms with Crippen LogP contribution in [0.4, 0.5) is 5.69 Å². The lowest BCUT2D eigenvalue weighted by atomic mass is 9.96. The molecule has 1 aliphatic rings. The molecule has 2 heterocycles. The Balaban J connectivity index is 1.81. The maximum Gasteiger partial charge on any atom is 0.338 e. The summed E-state index contributed by atoms with van der Waals surface area (Å²) in [5.41, 5.74) is 7.47. The fourth-order valence-electron chi connectivity index (χ4n) is 3.90. The Morgan fingerprint density at radius 3 is 2.77 bits per heavy atom. The van der Waals surface area contributed by atoms with Crippen LogP contribution in [0.25, 0.3) is 16.7 Å². The predicted octanol–water partition coefficient (Wildman–Crippen LogP) is 5.48.